The number of hydrogen-bond acceptors (Lipinski definition) is 6. The summed E-state index contributed by atoms with van der Waals surface area (Å²) < 4.78 is 11.4. The van der Waals surface area contributed by atoms with Gasteiger partial charge in [-0.3, -0.25) is 0 Å². The molecule has 0 aliphatic heterocycles. The van der Waals surface area contributed by atoms with Crippen LogP contribution in [0.25, 0.3) is 10.6 Å². The number of nitrogens with zero attached hydrogens (tertiary/aromatic N) is 2. The summed E-state index contributed by atoms with van der Waals surface area (Å²) in [6.07, 6.45) is 0. The second kappa shape index (κ2) is 5.53. The van der Waals surface area contributed by atoms with Crippen molar-refractivity contribution >= 4 is 32.4 Å². The molecule has 0 bridgehead atoms. The minimum atomic E-state index is 0.688. The van der Waals surface area contributed by atoms with Crippen LogP contribution in [0, 0.1) is 0 Å². The molecule has 1 aromatic carbocycles. The summed E-state index contributed by atoms with van der Waals surface area (Å²) in [7, 11) is 5.04. The number of nitrogens with one attached hydrogen (secondary N) is 1. The summed E-state index contributed by atoms with van der Waals surface area (Å²) in [6, 6.07) is 3.77. The molecule has 2 aromatic rings. The van der Waals surface area contributed by atoms with E-state index in [-0.39, 0.29) is 0 Å². The third kappa shape index (κ3) is 2.28. The Morgan fingerprint density at radius 3 is 2.56 bits per heavy atom. The van der Waals surface area contributed by atoms with Gasteiger partial charge in [0.1, 0.15) is 16.0 Å². The molecule has 0 amide bonds. The monoisotopic (exact) mass is 329 g/mol. The first-order valence-corrected chi connectivity index (χ1v) is 6.74. The zero-order valence-corrected chi connectivity index (χ0v) is 12.6. The van der Waals surface area contributed by atoms with Gasteiger partial charge >= 0.3 is 0 Å². The SMILES string of the molecule is CNc1nnc(-c2ccc(OC)c(Br)c2OC)s1. The maximum absolute atomic E-state index is 5.41. The molecule has 5 nitrogen and oxygen atoms in total. The van der Waals surface area contributed by atoms with Gasteiger partial charge in [0.15, 0.2) is 5.01 Å². The molecule has 7 heteroatoms. The van der Waals surface area contributed by atoms with Crippen molar-refractivity contribution in [1.29, 1.82) is 0 Å². The van der Waals surface area contributed by atoms with Gasteiger partial charge in [-0.25, -0.2) is 0 Å². The zero-order chi connectivity index (χ0) is 13.1. The van der Waals surface area contributed by atoms with Crippen LogP contribution >= 0.6 is 27.3 Å². The molecule has 1 aromatic heterocycles. The van der Waals surface area contributed by atoms with Crippen molar-refractivity contribution in [3.8, 4) is 22.1 Å². The molecule has 18 heavy (non-hydrogen) atoms. The Bertz CT molecular complexity index is 559. The summed E-state index contributed by atoms with van der Waals surface area (Å²) in [5.41, 5.74) is 0.879. The topological polar surface area (TPSA) is 56.3 Å². The summed E-state index contributed by atoms with van der Waals surface area (Å²) in [5.74, 6) is 1.40. The van der Waals surface area contributed by atoms with Crippen molar-refractivity contribution in [3.05, 3.63) is 16.6 Å². The van der Waals surface area contributed by atoms with E-state index in [1.807, 2.05) is 19.2 Å². The van der Waals surface area contributed by atoms with Gasteiger partial charge < -0.3 is 14.8 Å². The quantitative estimate of drug-likeness (QED) is 0.934. The van der Waals surface area contributed by atoms with E-state index in [4.69, 9.17) is 9.47 Å². The lowest BCUT2D eigenvalue weighted by Gasteiger charge is -2.11. The standard InChI is InChI=1S/C11H12BrN3O2S/c1-13-11-15-14-10(18-11)6-4-5-7(16-2)8(12)9(6)17-3/h4-5H,1-3H3,(H,13,15). The Kier molecular flexibility index (Phi) is 4.03. The Balaban J connectivity index is 2.53. The van der Waals surface area contributed by atoms with Crippen LogP contribution in [0.15, 0.2) is 16.6 Å². The second-order valence-corrected chi connectivity index (χ2v) is 5.10. The fraction of sp³-hybridized carbons (Fsp3) is 0.273. The van der Waals surface area contributed by atoms with Gasteiger partial charge in [0.2, 0.25) is 5.13 Å². The Morgan fingerprint density at radius 2 is 2.00 bits per heavy atom. The number of aromatic nitrogens is 2. The highest BCUT2D eigenvalue weighted by atomic mass is 79.9. The van der Waals surface area contributed by atoms with Crippen molar-refractivity contribution in [2.45, 2.75) is 0 Å². The van der Waals surface area contributed by atoms with Crippen LogP contribution < -0.4 is 14.8 Å². The van der Waals surface area contributed by atoms with Gasteiger partial charge in [0.25, 0.3) is 0 Å². The minimum Gasteiger partial charge on any atom is -0.495 e. The normalized spacial score (nSPS) is 10.2. The molecule has 0 saturated heterocycles. The first-order valence-electron chi connectivity index (χ1n) is 5.13. The molecule has 2 rings (SSSR count). The number of rotatable bonds is 4. The molecule has 1 N–H and O–H groups in total. The summed E-state index contributed by atoms with van der Waals surface area (Å²) in [5, 5.41) is 12.7. The molecular formula is C11H12BrN3O2S. The van der Waals surface area contributed by atoms with Crippen LogP contribution in [0.1, 0.15) is 0 Å². The van der Waals surface area contributed by atoms with Crippen molar-refractivity contribution in [2.75, 3.05) is 26.6 Å². The van der Waals surface area contributed by atoms with Gasteiger partial charge in [-0.05, 0) is 28.1 Å². The van der Waals surface area contributed by atoms with E-state index < -0.39 is 0 Å². The molecule has 0 aliphatic carbocycles. The summed E-state index contributed by atoms with van der Waals surface area (Å²) >= 11 is 4.93. The first-order chi connectivity index (χ1) is 8.71. The van der Waals surface area contributed by atoms with Crippen LogP contribution in [-0.4, -0.2) is 31.5 Å². The zero-order valence-electron chi connectivity index (χ0n) is 10.2. The van der Waals surface area contributed by atoms with Gasteiger partial charge in [0, 0.05) is 7.05 Å². The molecule has 0 atom stereocenters. The van der Waals surface area contributed by atoms with E-state index in [2.05, 4.69) is 31.4 Å². The largest absolute Gasteiger partial charge is 0.495 e. The van der Waals surface area contributed by atoms with Crippen LogP contribution in [0.5, 0.6) is 11.5 Å². The Hall–Kier alpha value is -1.34. The van der Waals surface area contributed by atoms with Crippen LogP contribution in [-0.2, 0) is 0 Å². The number of hydrogen-bond donors (Lipinski definition) is 1. The number of anilines is 1. The third-order valence-electron chi connectivity index (χ3n) is 2.35. The molecular weight excluding hydrogens is 318 g/mol. The molecule has 0 spiro atoms. The Labute approximate surface area is 117 Å². The lowest BCUT2D eigenvalue weighted by Crippen LogP contribution is -1.92. The van der Waals surface area contributed by atoms with E-state index in [0.29, 0.717) is 11.5 Å². The molecule has 96 valence electrons. The highest BCUT2D eigenvalue weighted by Crippen LogP contribution is 2.43. The fourth-order valence-corrected chi connectivity index (χ4v) is 2.89. The van der Waals surface area contributed by atoms with Gasteiger partial charge in [-0.15, -0.1) is 10.2 Å². The van der Waals surface area contributed by atoms with E-state index in [9.17, 15) is 0 Å². The smallest absolute Gasteiger partial charge is 0.205 e. The summed E-state index contributed by atoms with van der Waals surface area (Å²) in [4.78, 5) is 0. The number of halogens is 1. The number of benzene rings is 1. The average Bonchev–Trinajstić information content (AvgIpc) is 2.87. The van der Waals surface area contributed by atoms with E-state index in [0.717, 1.165) is 20.2 Å². The van der Waals surface area contributed by atoms with E-state index >= 15 is 0 Å². The molecule has 1 heterocycles. The number of methoxy groups -OCH3 is 2. The van der Waals surface area contributed by atoms with Gasteiger partial charge in [-0.1, -0.05) is 11.3 Å². The fourth-order valence-electron chi connectivity index (χ4n) is 1.50. The molecule has 0 unspecified atom stereocenters. The van der Waals surface area contributed by atoms with Crippen LogP contribution in [0.2, 0.25) is 0 Å². The van der Waals surface area contributed by atoms with Crippen molar-refractivity contribution in [3.63, 3.8) is 0 Å². The first kappa shape index (κ1) is 13.1. The van der Waals surface area contributed by atoms with Crippen molar-refractivity contribution in [2.24, 2.45) is 0 Å². The highest BCUT2D eigenvalue weighted by molar-refractivity contribution is 9.10. The molecule has 0 aliphatic rings. The lowest BCUT2D eigenvalue weighted by molar-refractivity contribution is 0.390. The Morgan fingerprint density at radius 1 is 1.22 bits per heavy atom. The molecule has 0 saturated carbocycles. The van der Waals surface area contributed by atoms with Gasteiger partial charge in [0.05, 0.1) is 19.8 Å². The maximum Gasteiger partial charge on any atom is 0.205 e. The summed E-state index contributed by atoms with van der Waals surface area (Å²) in [6.45, 7) is 0. The maximum atomic E-state index is 5.41. The van der Waals surface area contributed by atoms with E-state index in [1.165, 1.54) is 11.3 Å². The molecule has 0 radical (unpaired) electrons. The average molecular weight is 330 g/mol. The van der Waals surface area contributed by atoms with Crippen LogP contribution in [0.4, 0.5) is 5.13 Å². The molecule has 0 fully saturated rings. The van der Waals surface area contributed by atoms with Crippen molar-refractivity contribution < 1.29 is 9.47 Å². The predicted molar refractivity (Wildman–Crippen MR) is 75.7 cm³/mol. The predicted octanol–water partition coefficient (Wildman–Crippen LogP) is 3.03. The lowest BCUT2D eigenvalue weighted by atomic mass is 10.2. The third-order valence-corrected chi connectivity index (χ3v) is 4.08. The second-order valence-electron chi connectivity index (χ2n) is 3.32. The van der Waals surface area contributed by atoms with Crippen molar-refractivity contribution in [1.82, 2.24) is 10.2 Å². The highest BCUT2D eigenvalue weighted by Gasteiger charge is 2.17. The van der Waals surface area contributed by atoms with Crippen LogP contribution in [0.3, 0.4) is 0 Å². The minimum absolute atomic E-state index is 0.688. The van der Waals surface area contributed by atoms with Gasteiger partial charge in [-0.2, -0.15) is 0 Å². The number of ether oxygens (including phenoxy) is 2. The van der Waals surface area contributed by atoms with E-state index in [1.54, 1.807) is 14.2 Å².